The van der Waals surface area contributed by atoms with Gasteiger partial charge in [0.2, 0.25) is 0 Å². The van der Waals surface area contributed by atoms with Crippen molar-refractivity contribution in [1.29, 1.82) is 0 Å². The second-order valence-electron chi connectivity index (χ2n) is 4.89. The van der Waals surface area contributed by atoms with E-state index in [1.54, 1.807) is 12.1 Å². The largest absolute Gasteiger partial charge is 0.297 e. The maximum atomic E-state index is 14.0. The van der Waals surface area contributed by atoms with Gasteiger partial charge in [-0.05, 0) is 50.6 Å². The van der Waals surface area contributed by atoms with Gasteiger partial charge in [-0.1, -0.05) is 12.1 Å². The summed E-state index contributed by atoms with van der Waals surface area (Å²) in [6, 6.07) is 10.9. The van der Waals surface area contributed by atoms with Gasteiger partial charge >= 0.3 is 0 Å². The van der Waals surface area contributed by atoms with E-state index in [1.165, 1.54) is 6.07 Å². The SMILES string of the molecule is Cc1cc(C)n2c(-c3ccccc3F)c(C)nc2c1. The highest BCUT2D eigenvalue weighted by molar-refractivity contribution is 5.68. The smallest absolute Gasteiger partial charge is 0.137 e. The molecule has 3 heteroatoms. The van der Waals surface area contributed by atoms with Crippen LogP contribution in [0.15, 0.2) is 36.4 Å². The summed E-state index contributed by atoms with van der Waals surface area (Å²) in [6.45, 7) is 5.98. The standard InChI is InChI=1S/C16H15FN2/c1-10-8-11(2)19-15(9-10)18-12(3)16(19)13-6-4-5-7-14(13)17/h4-9H,1-3H3. The normalized spacial score (nSPS) is 11.2. The molecular formula is C16H15FN2. The summed E-state index contributed by atoms with van der Waals surface area (Å²) < 4.78 is 16.0. The minimum atomic E-state index is -0.215. The van der Waals surface area contributed by atoms with Crippen LogP contribution >= 0.6 is 0 Å². The van der Waals surface area contributed by atoms with Crippen LogP contribution in [0.1, 0.15) is 17.0 Å². The first-order valence-corrected chi connectivity index (χ1v) is 6.29. The number of aromatic nitrogens is 2. The van der Waals surface area contributed by atoms with E-state index >= 15 is 0 Å². The first-order valence-electron chi connectivity index (χ1n) is 6.29. The Labute approximate surface area is 111 Å². The Bertz CT molecular complexity index is 772. The third-order valence-corrected chi connectivity index (χ3v) is 3.35. The van der Waals surface area contributed by atoms with Gasteiger partial charge in [-0.25, -0.2) is 9.37 Å². The molecule has 1 aromatic carbocycles. The molecular weight excluding hydrogens is 239 g/mol. The third kappa shape index (κ3) is 1.82. The van der Waals surface area contributed by atoms with Crippen molar-refractivity contribution in [2.45, 2.75) is 20.8 Å². The van der Waals surface area contributed by atoms with Crippen molar-refractivity contribution in [3.05, 3.63) is 59.2 Å². The molecule has 0 amide bonds. The van der Waals surface area contributed by atoms with Crippen LogP contribution in [0.2, 0.25) is 0 Å². The molecule has 19 heavy (non-hydrogen) atoms. The fourth-order valence-corrected chi connectivity index (χ4v) is 2.61. The van der Waals surface area contributed by atoms with Crippen molar-refractivity contribution >= 4 is 5.65 Å². The van der Waals surface area contributed by atoms with Crippen LogP contribution in [0.4, 0.5) is 4.39 Å². The number of hydrogen-bond donors (Lipinski definition) is 0. The predicted octanol–water partition coefficient (Wildman–Crippen LogP) is 4.07. The summed E-state index contributed by atoms with van der Waals surface area (Å²) in [5.74, 6) is -0.215. The molecule has 0 spiro atoms. The number of imidazole rings is 1. The molecule has 0 saturated heterocycles. The fourth-order valence-electron chi connectivity index (χ4n) is 2.61. The maximum absolute atomic E-state index is 14.0. The number of halogens is 1. The lowest BCUT2D eigenvalue weighted by Gasteiger charge is -2.08. The Morgan fingerprint density at radius 2 is 1.79 bits per heavy atom. The van der Waals surface area contributed by atoms with Gasteiger partial charge in [-0.2, -0.15) is 0 Å². The van der Waals surface area contributed by atoms with Gasteiger partial charge in [-0.3, -0.25) is 4.40 Å². The minimum absolute atomic E-state index is 0.215. The molecule has 0 aliphatic heterocycles. The quantitative estimate of drug-likeness (QED) is 0.640. The summed E-state index contributed by atoms with van der Waals surface area (Å²) in [5.41, 5.74) is 5.38. The predicted molar refractivity (Wildman–Crippen MR) is 74.8 cm³/mol. The van der Waals surface area contributed by atoms with E-state index in [-0.39, 0.29) is 5.82 Å². The van der Waals surface area contributed by atoms with Crippen molar-refractivity contribution in [3.8, 4) is 11.3 Å². The molecule has 0 N–H and O–H groups in total. The Hall–Kier alpha value is -2.16. The highest BCUT2D eigenvalue weighted by Crippen LogP contribution is 2.28. The molecule has 3 rings (SSSR count). The molecule has 0 saturated carbocycles. The average molecular weight is 254 g/mol. The molecule has 0 bridgehead atoms. The van der Waals surface area contributed by atoms with E-state index in [0.717, 1.165) is 28.3 Å². The van der Waals surface area contributed by atoms with Crippen molar-refractivity contribution in [1.82, 2.24) is 9.38 Å². The number of aryl methyl sites for hydroxylation is 3. The number of hydrogen-bond acceptors (Lipinski definition) is 1. The average Bonchev–Trinajstić information content (AvgIpc) is 2.66. The Morgan fingerprint density at radius 1 is 1.05 bits per heavy atom. The van der Waals surface area contributed by atoms with Crippen molar-refractivity contribution in [2.75, 3.05) is 0 Å². The van der Waals surface area contributed by atoms with Crippen LogP contribution < -0.4 is 0 Å². The first-order chi connectivity index (χ1) is 9.08. The molecule has 0 aliphatic carbocycles. The molecule has 3 aromatic rings. The fraction of sp³-hybridized carbons (Fsp3) is 0.188. The van der Waals surface area contributed by atoms with Crippen molar-refractivity contribution < 1.29 is 4.39 Å². The van der Waals surface area contributed by atoms with Gasteiger partial charge in [0.05, 0.1) is 11.4 Å². The third-order valence-electron chi connectivity index (χ3n) is 3.35. The van der Waals surface area contributed by atoms with Gasteiger partial charge in [0.15, 0.2) is 0 Å². The number of benzene rings is 1. The van der Waals surface area contributed by atoms with Gasteiger partial charge in [0.1, 0.15) is 11.5 Å². The Balaban J connectivity index is 2.42. The van der Waals surface area contributed by atoms with Gasteiger partial charge in [-0.15, -0.1) is 0 Å². The minimum Gasteiger partial charge on any atom is -0.297 e. The van der Waals surface area contributed by atoms with Gasteiger partial charge < -0.3 is 0 Å². The highest BCUT2D eigenvalue weighted by atomic mass is 19.1. The second-order valence-corrected chi connectivity index (χ2v) is 4.89. The van der Waals surface area contributed by atoms with Crippen LogP contribution in [0.3, 0.4) is 0 Å². The Kier molecular flexibility index (Phi) is 2.63. The molecule has 0 aliphatic rings. The summed E-state index contributed by atoms with van der Waals surface area (Å²) in [4.78, 5) is 4.55. The van der Waals surface area contributed by atoms with E-state index in [0.29, 0.717) is 5.56 Å². The topological polar surface area (TPSA) is 17.3 Å². The molecule has 2 aromatic heterocycles. The molecule has 0 atom stereocenters. The molecule has 0 fully saturated rings. The molecule has 96 valence electrons. The first kappa shape index (κ1) is 11.9. The van der Waals surface area contributed by atoms with Gasteiger partial charge in [0, 0.05) is 11.3 Å². The number of nitrogens with zero attached hydrogens (tertiary/aromatic N) is 2. The summed E-state index contributed by atoms with van der Waals surface area (Å²) >= 11 is 0. The van der Waals surface area contributed by atoms with E-state index in [9.17, 15) is 4.39 Å². The van der Waals surface area contributed by atoms with Crippen LogP contribution in [0.5, 0.6) is 0 Å². The zero-order valence-corrected chi connectivity index (χ0v) is 11.2. The monoisotopic (exact) mass is 254 g/mol. The number of pyridine rings is 1. The summed E-state index contributed by atoms with van der Waals surface area (Å²) in [7, 11) is 0. The molecule has 0 radical (unpaired) electrons. The molecule has 0 unspecified atom stereocenters. The lowest BCUT2D eigenvalue weighted by atomic mass is 10.1. The van der Waals surface area contributed by atoms with E-state index in [4.69, 9.17) is 0 Å². The van der Waals surface area contributed by atoms with E-state index < -0.39 is 0 Å². The highest BCUT2D eigenvalue weighted by Gasteiger charge is 2.15. The zero-order valence-electron chi connectivity index (χ0n) is 11.2. The van der Waals surface area contributed by atoms with E-state index in [1.807, 2.05) is 37.3 Å². The number of fused-ring (bicyclic) bond motifs is 1. The zero-order chi connectivity index (χ0) is 13.6. The maximum Gasteiger partial charge on any atom is 0.137 e. The second kappa shape index (κ2) is 4.19. The van der Waals surface area contributed by atoms with Crippen LogP contribution in [-0.4, -0.2) is 9.38 Å². The summed E-state index contributed by atoms with van der Waals surface area (Å²) in [5, 5.41) is 0. The molecule has 2 nitrogen and oxygen atoms in total. The summed E-state index contributed by atoms with van der Waals surface area (Å²) in [6.07, 6.45) is 0. The number of rotatable bonds is 1. The van der Waals surface area contributed by atoms with E-state index in [2.05, 4.69) is 11.1 Å². The van der Waals surface area contributed by atoms with Crippen molar-refractivity contribution in [2.24, 2.45) is 0 Å². The lowest BCUT2D eigenvalue weighted by Crippen LogP contribution is -1.96. The van der Waals surface area contributed by atoms with Crippen LogP contribution in [0.25, 0.3) is 16.9 Å². The van der Waals surface area contributed by atoms with Crippen LogP contribution in [-0.2, 0) is 0 Å². The van der Waals surface area contributed by atoms with Gasteiger partial charge in [0.25, 0.3) is 0 Å². The lowest BCUT2D eigenvalue weighted by molar-refractivity contribution is 0.630. The molecule has 2 heterocycles. The van der Waals surface area contributed by atoms with Crippen molar-refractivity contribution in [3.63, 3.8) is 0 Å². The van der Waals surface area contributed by atoms with Crippen LogP contribution in [0, 0.1) is 26.6 Å². The Morgan fingerprint density at radius 3 is 2.53 bits per heavy atom.